The molecule has 0 radical (unpaired) electrons. The highest BCUT2D eigenvalue weighted by molar-refractivity contribution is 6.31. The van der Waals surface area contributed by atoms with Crippen LogP contribution in [-0.2, 0) is 4.79 Å². The molecule has 1 amide bonds. The van der Waals surface area contributed by atoms with E-state index in [1.54, 1.807) is 0 Å². The molecule has 1 heterocycles. The summed E-state index contributed by atoms with van der Waals surface area (Å²) in [5.41, 5.74) is 2.74. The van der Waals surface area contributed by atoms with E-state index in [1.165, 1.54) is 5.01 Å². The molecule has 0 unspecified atom stereocenters. The summed E-state index contributed by atoms with van der Waals surface area (Å²) in [6.45, 7) is 5.98. The van der Waals surface area contributed by atoms with Crippen LogP contribution in [0.4, 0.5) is 0 Å². The Morgan fingerprint density at radius 2 is 2.12 bits per heavy atom. The third kappa shape index (κ3) is 2.34. The van der Waals surface area contributed by atoms with Crippen LogP contribution in [-0.4, -0.2) is 22.7 Å². The molecule has 0 saturated carbocycles. The molecule has 3 nitrogen and oxygen atoms in total. The summed E-state index contributed by atoms with van der Waals surface area (Å²) < 4.78 is 0. The van der Waals surface area contributed by atoms with Crippen molar-refractivity contribution < 1.29 is 4.79 Å². The van der Waals surface area contributed by atoms with E-state index < -0.39 is 0 Å². The first kappa shape index (κ1) is 12.1. The van der Waals surface area contributed by atoms with Crippen LogP contribution in [0.2, 0.25) is 5.02 Å². The van der Waals surface area contributed by atoms with Crippen LogP contribution in [0.5, 0.6) is 0 Å². The molecule has 17 heavy (non-hydrogen) atoms. The third-order valence-corrected chi connectivity index (χ3v) is 3.14. The first-order valence-corrected chi connectivity index (χ1v) is 5.90. The number of hydrogen-bond donors (Lipinski definition) is 0. The minimum Gasteiger partial charge on any atom is -0.277 e. The quantitative estimate of drug-likeness (QED) is 0.743. The number of hydrogen-bond acceptors (Lipinski definition) is 2. The molecule has 0 spiro atoms. The summed E-state index contributed by atoms with van der Waals surface area (Å²) in [4.78, 5) is 10.9. The molecule has 90 valence electrons. The monoisotopic (exact) mass is 250 g/mol. The van der Waals surface area contributed by atoms with Crippen LogP contribution in [0.3, 0.4) is 0 Å². The molecule has 4 heteroatoms. The molecule has 0 aromatic heterocycles. The Bertz CT molecular complexity index is 474. The van der Waals surface area contributed by atoms with E-state index in [1.807, 2.05) is 39.0 Å². The fourth-order valence-electron chi connectivity index (χ4n) is 2.02. The molecule has 0 aliphatic carbocycles. The fraction of sp³-hybridized carbons (Fsp3) is 0.385. The number of carbonyl (C=O) groups excluding carboxylic acids is 1. The number of halogens is 1. The predicted molar refractivity (Wildman–Crippen MR) is 69.3 cm³/mol. The van der Waals surface area contributed by atoms with Gasteiger partial charge >= 0.3 is 0 Å². The molecule has 1 aromatic carbocycles. The van der Waals surface area contributed by atoms with E-state index in [2.05, 4.69) is 5.10 Å². The first-order chi connectivity index (χ1) is 7.92. The largest absolute Gasteiger partial charge is 0.277 e. The summed E-state index contributed by atoms with van der Waals surface area (Å²) in [5, 5.41) is 6.50. The van der Waals surface area contributed by atoms with Crippen molar-refractivity contribution >= 4 is 23.7 Å². The fourth-order valence-corrected chi connectivity index (χ4v) is 2.31. The molecule has 0 saturated heterocycles. The highest BCUT2D eigenvalue weighted by Crippen LogP contribution is 2.29. The van der Waals surface area contributed by atoms with Crippen molar-refractivity contribution in [2.24, 2.45) is 5.10 Å². The van der Waals surface area contributed by atoms with Crippen molar-refractivity contribution in [2.45, 2.75) is 32.7 Å². The van der Waals surface area contributed by atoms with E-state index in [4.69, 9.17) is 11.6 Å². The summed E-state index contributed by atoms with van der Waals surface area (Å²) in [7, 11) is 0. The summed E-state index contributed by atoms with van der Waals surface area (Å²) >= 11 is 6.03. The lowest BCUT2D eigenvalue weighted by molar-refractivity contribution is -0.121. The Kier molecular flexibility index (Phi) is 2.96. The van der Waals surface area contributed by atoms with E-state index in [9.17, 15) is 4.79 Å². The van der Waals surface area contributed by atoms with Gasteiger partial charge < -0.3 is 0 Å². The maximum Gasteiger partial charge on any atom is 0.230 e. The van der Waals surface area contributed by atoms with Gasteiger partial charge in [0.25, 0.3) is 0 Å². The second kappa shape index (κ2) is 4.15. The molecule has 2 rings (SSSR count). The number of aryl methyl sites for hydroxylation is 1. The summed E-state index contributed by atoms with van der Waals surface area (Å²) in [6.07, 6.45) is 1.51. The van der Waals surface area contributed by atoms with Crippen LogP contribution < -0.4 is 0 Å². The Morgan fingerprint density at radius 3 is 2.65 bits per heavy atom. The molecule has 0 fully saturated rings. The molecule has 0 N–H and O–H groups in total. The van der Waals surface area contributed by atoms with Crippen molar-refractivity contribution in [3.05, 3.63) is 34.3 Å². The molecule has 0 bridgehead atoms. The molecular weight excluding hydrogens is 236 g/mol. The van der Waals surface area contributed by atoms with Gasteiger partial charge in [-0.15, -0.1) is 0 Å². The standard InChI is InChI=1S/C13H15ClN2O/c1-9-4-10(6-11(14)5-9)12-7-13(2,3)16(8-17)15-12/h4-6,8H,7H2,1-3H3. The highest BCUT2D eigenvalue weighted by Gasteiger charge is 2.34. The SMILES string of the molecule is Cc1cc(Cl)cc(C2=NN(C=O)C(C)(C)C2)c1. The lowest BCUT2D eigenvalue weighted by Gasteiger charge is -2.24. The number of benzene rings is 1. The van der Waals surface area contributed by atoms with Crippen LogP contribution in [0.25, 0.3) is 0 Å². The average molecular weight is 251 g/mol. The number of hydrazone groups is 1. The maximum atomic E-state index is 10.9. The van der Waals surface area contributed by atoms with Gasteiger partial charge in [-0.1, -0.05) is 17.7 Å². The minimum absolute atomic E-state index is 0.257. The number of nitrogens with zero attached hydrogens (tertiary/aromatic N) is 2. The Morgan fingerprint density at radius 1 is 1.41 bits per heavy atom. The van der Waals surface area contributed by atoms with Crippen molar-refractivity contribution in [1.82, 2.24) is 5.01 Å². The van der Waals surface area contributed by atoms with Gasteiger partial charge in [0, 0.05) is 11.4 Å². The van der Waals surface area contributed by atoms with Crippen molar-refractivity contribution in [3.8, 4) is 0 Å². The maximum absolute atomic E-state index is 10.9. The van der Waals surface area contributed by atoms with Crippen LogP contribution >= 0.6 is 11.6 Å². The van der Waals surface area contributed by atoms with E-state index in [0.717, 1.165) is 29.7 Å². The highest BCUT2D eigenvalue weighted by atomic mass is 35.5. The van der Waals surface area contributed by atoms with Crippen LogP contribution in [0.1, 0.15) is 31.4 Å². The van der Waals surface area contributed by atoms with Gasteiger partial charge in [-0.25, -0.2) is 5.01 Å². The zero-order chi connectivity index (χ0) is 12.6. The normalized spacial score (nSPS) is 18.1. The van der Waals surface area contributed by atoms with Crippen LogP contribution in [0, 0.1) is 6.92 Å². The lowest BCUT2D eigenvalue weighted by atomic mass is 9.95. The van der Waals surface area contributed by atoms with Gasteiger partial charge in [0.15, 0.2) is 0 Å². The van der Waals surface area contributed by atoms with E-state index in [-0.39, 0.29) is 5.54 Å². The van der Waals surface area contributed by atoms with Gasteiger partial charge in [-0.2, -0.15) is 5.10 Å². The number of rotatable bonds is 2. The Labute approximate surface area is 106 Å². The second-order valence-corrected chi connectivity index (χ2v) is 5.44. The second-order valence-electron chi connectivity index (χ2n) is 5.00. The zero-order valence-corrected chi connectivity index (χ0v) is 11.0. The molecule has 1 aromatic rings. The number of carbonyl (C=O) groups is 1. The van der Waals surface area contributed by atoms with Crippen molar-refractivity contribution in [3.63, 3.8) is 0 Å². The molecule has 1 aliphatic heterocycles. The van der Waals surface area contributed by atoms with E-state index >= 15 is 0 Å². The first-order valence-electron chi connectivity index (χ1n) is 5.52. The topological polar surface area (TPSA) is 32.7 Å². The van der Waals surface area contributed by atoms with E-state index in [0.29, 0.717) is 5.02 Å². The predicted octanol–water partition coefficient (Wildman–Crippen LogP) is 2.99. The van der Waals surface area contributed by atoms with Gasteiger partial charge in [0.05, 0.1) is 11.3 Å². The van der Waals surface area contributed by atoms with Gasteiger partial charge in [0.2, 0.25) is 6.41 Å². The lowest BCUT2D eigenvalue weighted by Crippen LogP contribution is -2.35. The molecule has 0 atom stereocenters. The van der Waals surface area contributed by atoms with Crippen molar-refractivity contribution in [2.75, 3.05) is 0 Å². The minimum atomic E-state index is -0.257. The summed E-state index contributed by atoms with van der Waals surface area (Å²) in [5.74, 6) is 0. The molecule has 1 aliphatic rings. The summed E-state index contributed by atoms with van der Waals surface area (Å²) in [6, 6.07) is 5.83. The molecular formula is C13H15ClN2O. The smallest absolute Gasteiger partial charge is 0.230 e. The zero-order valence-electron chi connectivity index (χ0n) is 10.2. The number of amides is 1. The Hall–Kier alpha value is -1.35. The Balaban J connectivity index is 2.39. The van der Waals surface area contributed by atoms with Crippen molar-refractivity contribution in [1.29, 1.82) is 0 Å². The van der Waals surface area contributed by atoms with Gasteiger partial charge in [-0.3, -0.25) is 4.79 Å². The van der Waals surface area contributed by atoms with Gasteiger partial charge in [0.1, 0.15) is 0 Å². The van der Waals surface area contributed by atoms with Crippen LogP contribution in [0.15, 0.2) is 23.3 Å². The third-order valence-electron chi connectivity index (χ3n) is 2.92. The average Bonchev–Trinajstić information content (AvgIpc) is 2.52. The van der Waals surface area contributed by atoms with Gasteiger partial charge in [-0.05, 0) is 44.0 Å².